The minimum atomic E-state index is -1.02. The second-order valence-electron chi connectivity index (χ2n) is 4.84. The van der Waals surface area contributed by atoms with Gasteiger partial charge in [0.05, 0.1) is 11.3 Å². The Balaban J connectivity index is 3.02. The molecule has 0 aliphatic heterocycles. The van der Waals surface area contributed by atoms with Gasteiger partial charge in [-0.25, -0.2) is 9.78 Å². The number of rotatable bonds is 6. The summed E-state index contributed by atoms with van der Waals surface area (Å²) in [5.41, 5.74) is 6.43. The first-order valence-corrected chi connectivity index (χ1v) is 6.27. The predicted molar refractivity (Wildman–Crippen MR) is 76.6 cm³/mol. The van der Waals surface area contributed by atoms with Gasteiger partial charge >= 0.3 is 5.97 Å². The molecule has 0 aromatic carbocycles. The number of nitrogens with two attached hydrogens (primary N) is 1. The fourth-order valence-corrected chi connectivity index (χ4v) is 2.13. The van der Waals surface area contributed by atoms with E-state index < -0.39 is 5.97 Å². The normalized spacial score (nSPS) is 12.5. The van der Waals surface area contributed by atoms with Gasteiger partial charge < -0.3 is 20.6 Å². The second-order valence-corrected chi connectivity index (χ2v) is 4.84. The summed E-state index contributed by atoms with van der Waals surface area (Å²) >= 11 is 0. The molecule has 106 valence electrons. The van der Waals surface area contributed by atoms with E-state index in [1.165, 1.54) is 12.3 Å². The van der Waals surface area contributed by atoms with Crippen molar-refractivity contribution in [3.63, 3.8) is 0 Å². The van der Waals surface area contributed by atoms with Crippen LogP contribution in [0.25, 0.3) is 0 Å². The molecule has 1 aromatic heterocycles. The van der Waals surface area contributed by atoms with E-state index >= 15 is 0 Å². The summed E-state index contributed by atoms with van der Waals surface area (Å²) in [7, 11) is 4.02. The summed E-state index contributed by atoms with van der Waals surface area (Å²) in [4.78, 5) is 19.2. The van der Waals surface area contributed by atoms with Crippen molar-refractivity contribution in [2.45, 2.75) is 19.9 Å². The zero-order chi connectivity index (χ0) is 14.6. The van der Waals surface area contributed by atoms with E-state index in [0.29, 0.717) is 11.5 Å². The lowest BCUT2D eigenvalue weighted by molar-refractivity contribution is 0.0696. The van der Waals surface area contributed by atoms with Gasteiger partial charge in [0.25, 0.3) is 0 Å². The Hall–Kier alpha value is -1.82. The van der Waals surface area contributed by atoms with Crippen LogP contribution in [0.1, 0.15) is 24.2 Å². The molecular formula is C13H22N4O2. The molecule has 0 amide bonds. The summed E-state index contributed by atoms with van der Waals surface area (Å²) in [5.74, 6) is -0.378. The third kappa shape index (κ3) is 3.82. The van der Waals surface area contributed by atoms with Gasteiger partial charge in [-0.2, -0.15) is 0 Å². The molecule has 1 atom stereocenters. The average Bonchev–Trinajstić information content (AvgIpc) is 2.30. The lowest BCUT2D eigenvalue weighted by atomic mass is 10.2. The van der Waals surface area contributed by atoms with E-state index in [9.17, 15) is 4.79 Å². The third-order valence-corrected chi connectivity index (χ3v) is 2.92. The monoisotopic (exact) mass is 266 g/mol. The third-order valence-electron chi connectivity index (χ3n) is 2.92. The molecule has 1 heterocycles. The van der Waals surface area contributed by atoms with Gasteiger partial charge in [-0.15, -0.1) is 0 Å². The van der Waals surface area contributed by atoms with Gasteiger partial charge in [-0.1, -0.05) is 0 Å². The van der Waals surface area contributed by atoms with Gasteiger partial charge in [0.1, 0.15) is 0 Å². The van der Waals surface area contributed by atoms with Gasteiger partial charge in [-0.05, 0) is 34.0 Å². The first-order chi connectivity index (χ1) is 8.86. The van der Waals surface area contributed by atoms with Crippen molar-refractivity contribution in [2.75, 3.05) is 37.8 Å². The van der Waals surface area contributed by atoms with Crippen LogP contribution in [0.4, 0.5) is 11.5 Å². The molecule has 0 bridgehead atoms. The molecule has 0 fully saturated rings. The summed E-state index contributed by atoms with van der Waals surface area (Å²) in [6, 6.07) is 1.70. The maximum absolute atomic E-state index is 10.9. The number of hydrogen-bond acceptors (Lipinski definition) is 5. The maximum Gasteiger partial charge on any atom is 0.337 e. The molecule has 1 aromatic rings. The molecular weight excluding hydrogens is 244 g/mol. The van der Waals surface area contributed by atoms with Crippen molar-refractivity contribution >= 4 is 17.5 Å². The number of hydrogen-bond donors (Lipinski definition) is 2. The topological polar surface area (TPSA) is 82.7 Å². The molecule has 0 radical (unpaired) electrons. The minimum Gasteiger partial charge on any atom is -0.478 e. The largest absolute Gasteiger partial charge is 0.478 e. The first-order valence-electron chi connectivity index (χ1n) is 6.27. The number of carboxylic acid groups (broad SMARTS) is 1. The molecule has 0 saturated heterocycles. The number of carbonyl (C=O) groups is 1. The van der Waals surface area contributed by atoms with Gasteiger partial charge in [-0.3, -0.25) is 0 Å². The Morgan fingerprint density at radius 2 is 2.16 bits per heavy atom. The molecule has 0 saturated carbocycles. The number of aromatic carboxylic acids is 1. The van der Waals surface area contributed by atoms with Crippen LogP contribution in [0.5, 0.6) is 0 Å². The smallest absolute Gasteiger partial charge is 0.337 e. The molecule has 6 nitrogen and oxygen atoms in total. The Bertz CT molecular complexity index is 448. The highest BCUT2D eigenvalue weighted by atomic mass is 16.4. The standard InChI is InChI=1S/C13H22N4O2/c1-5-17(9(2)8-16(3)4)12-11(14)6-10(7-15-12)13(18)19/h6-7,9H,5,8,14H2,1-4H3,(H,18,19). The van der Waals surface area contributed by atoms with E-state index in [1.807, 2.05) is 21.0 Å². The van der Waals surface area contributed by atoms with Crippen LogP contribution in [0, 0.1) is 0 Å². The number of likely N-dealkylation sites (N-methyl/N-ethyl adjacent to an activating group) is 2. The summed E-state index contributed by atoms with van der Waals surface area (Å²) in [6.45, 7) is 5.75. The number of nitrogen functional groups attached to an aromatic ring is 1. The van der Waals surface area contributed by atoms with Crippen LogP contribution in [0.15, 0.2) is 12.3 Å². The van der Waals surface area contributed by atoms with Gasteiger partial charge in [0.2, 0.25) is 0 Å². The maximum atomic E-state index is 10.9. The average molecular weight is 266 g/mol. The molecule has 0 aliphatic rings. The molecule has 0 spiro atoms. The molecule has 1 unspecified atom stereocenters. The Labute approximate surface area is 113 Å². The highest BCUT2D eigenvalue weighted by Gasteiger charge is 2.18. The van der Waals surface area contributed by atoms with Crippen LogP contribution in [-0.4, -0.2) is 54.2 Å². The highest BCUT2D eigenvalue weighted by molar-refractivity contribution is 5.89. The Morgan fingerprint density at radius 3 is 2.58 bits per heavy atom. The van der Waals surface area contributed by atoms with Crippen LogP contribution in [0.2, 0.25) is 0 Å². The summed E-state index contributed by atoms with van der Waals surface area (Å²) < 4.78 is 0. The minimum absolute atomic E-state index is 0.109. The van der Waals surface area contributed by atoms with Crippen LogP contribution in [-0.2, 0) is 0 Å². The van der Waals surface area contributed by atoms with Crippen molar-refractivity contribution < 1.29 is 9.90 Å². The van der Waals surface area contributed by atoms with E-state index in [4.69, 9.17) is 10.8 Å². The van der Waals surface area contributed by atoms with Crippen molar-refractivity contribution in [1.82, 2.24) is 9.88 Å². The lowest BCUT2D eigenvalue weighted by Crippen LogP contribution is -2.41. The van der Waals surface area contributed by atoms with Gasteiger partial charge in [0.15, 0.2) is 5.82 Å². The molecule has 0 aliphatic carbocycles. The van der Waals surface area contributed by atoms with Gasteiger partial charge in [0, 0.05) is 25.3 Å². The molecule has 6 heteroatoms. The molecule has 1 rings (SSSR count). The van der Waals surface area contributed by atoms with Crippen LogP contribution in [0.3, 0.4) is 0 Å². The van der Waals surface area contributed by atoms with E-state index in [1.54, 1.807) is 0 Å². The zero-order valence-electron chi connectivity index (χ0n) is 11.9. The van der Waals surface area contributed by atoms with E-state index in [-0.39, 0.29) is 11.6 Å². The fraction of sp³-hybridized carbons (Fsp3) is 0.538. The Kier molecular flexibility index (Phi) is 5.11. The predicted octanol–water partition coefficient (Wildman–Crippen LogP) is 1.14. The van der Waals surface area contributed by atoms with Crippen molar-refractivity contribution in [3.8, 4) is 0 Å². The van der Waals surface area contributed by atoms with Crippen LogP contribution < -0.4 is 10.6 Å². The van der Waals surface area contributed by atoms with Crippen molar-refractivity contribution in [2.24, 2.45) is 0 Å². The number of carboxylic acids is 1. The fourth-order valence-electron chi connectivity index (χ4n) is 2.13. The molecule has 3 N–H and O–H groups in total. The Morgan fingerprint density at radius 1 is 1.53 bits per heavy atom. The van der Waals surface area contributed by atoms with Crippen LogP contribution >= 0.6 is 0 Å². The highest BCUT2D eigenvalue weighted by Crippen LogP contribution is 2.23. The van der Waals surface area contributed by atoms with E-state index in [2.05, 4.69) is 21.7 Å². The second kappa shape index (κ2) is 6.38. The number of pyridine rings is 1. The van der Waals surface area contributed by atoms with Crippen molar-refractivity contribution in [3.05, 3.63) is 17.8 Å². The SMILES string of the molecule is CCN(c1ncc(C(=O)O)cc1N)C(C)CN(C)C. The summed E-state index contributed by atoms with van der Waals surface area (Å²) in [5, 5.41) is 8.91. The lowest BCUT2D eigenvalue weighted by Gasteiger charge is -2.31. The van der Waals surface area contributed by atoms with E-state index in [0.717, 1.165) is 13.1 Å². The first kappa shape index (κ1) is 15.2. The zero-order valence-corrected chi connectivity index (χ0v) is 11.9. The number of anilines is 2. The summed E-state index contributed by atoms with van der Waals surface area (Å²) in [6.07, 6.45) is 1.35. The number of nitrogens with zero attached hydrogens (tertiary/aromatic N) is 3. The molecule has 19 heavy (non-hydrogen) atoms. The number of aromatic nitrogens is 1. The quantitative estimate of drug-likeness (QED) is 0.803. The van der Waals surface area contributed by atoms with Crippen molar-refractivity contribution in [1.29, 1.82) is 0 Å².